The van der Waals surface area contributed by atoms with Gasteiger partial charge < -0.3 is 43.8 Å². The van der Waals surface area contributed by atoms with E-state index in [9.17, 15) is 14.7 Å². The number of aromatic nitrogens is 1. The molecule has 11 heteroatoms. The summed E-state index contributed by atoms with van der Waals surface area (Å²) in [5.74, 6) is -1.22. The number of fused-ring (bicyclic) bond motifs is 1. The number of rotatable bonds is 20. The van der Waals surface area contributed by atoms with Gasteiger partial charge in [0.25, 0.3) is 0 Å². The molecule has 1 aliphatic heterocycles. The fourth-order valence-corrected chi connectivity index (χ4v) is 8.02. The van der Waals surface area contributed by atoms with Gasteiger partial charge in [0.15, 0.2) is 0 Å². The first-order chi connectivity index (χ1) is 31.5. The number of hydrogen-bond acceptors (Lipinski definition) is 8. The fraction of sp³-hybridized carbons (Fsp3) is 0.245. The molecular formula is C53H52N2O9. The van der Waals surface area contributed by atoms with Crippen LogP contribution in [0.2, 0.25) is 0 Å². The van der Waals surface area contributed by atoms with E-state index in [4.69, 9.17) is 28.4 Å². The van der Waals surface area contributed by atoms with E-state index in [1.165, 1.54) is 0 Å². The lowest BCUT2D eigenvalue weighted by atomic mass is 9.89. The highest BCUT2D eigenvalue weighted by Gasteiger charge is 2.50. The third kappa shape index (κ3) is 11.7. The lowest BCUT2D eigenvalue weighted by Gasteiger charge is -2.46. The molecule has 0 bridgehead atoms. The Morgan fingerprint density at radius 2 is 1.02 bits per heavy atom. The first kappa shape index (κ1) is 44.0. The van der Waals surface area contributed by atoms with E-state index in [-0.39, 0.29) is 39.5 Å². The first-order valence-corrected chi connectivity index (χ1v) is 21.5. The van der Waals surface area contributed by atoms with Gasteiger partial charge in [-0.3, -0.25) is 0 Å². The van der Waals surface area contributed by atoms with Gasteiger partial charge in [0, 0.05) is 17.3 Å². The van der Waals surface area contributed by atoms with Gasteiger partial charge in [-0.2, -0.15) is 0 Å². The number of ether oxygens (including phenoxy) is 6. The summed E-state index contributed by atoms with van der Waals surface area (Å²) in [6, 6.07) is 55.2. The van der Waals surface area contributed by atoms with Crippen LogP contribution in [0.5, 0.6) is 0 Å². The highest BCUT2D eigenvalue weighted by molar-refractivity contribution is 5.87. The number of carboxylic acid groups (broad SMARTS) is 1. The number of amides is 1. The second-order valence-corrected chi connectivity index (χ2v) is 15.7. The van der Waals surface area contributed by atoms with Crippen LogP contribution in [0.25, 0.3) is 10.9 Å². The van der Waals surface area contributed by atoms with Crippen molar-refractivity contribution in [3.05, 3.63) is 215 Å². The quantitative estimate of drug-likeness (QED) is 0.0685. The van der Waals surface area contributed by atoms with Gasteiger partial charge in [0.1, 0.15) is 43.2 Å². The number of carboxylic acids is 1. The number of benzene rings is 6. The summed E-state index contributed by atoms with van der Waals surface area (Å²) < 4.78 is 40.0. The summed E-state index contributed by atoms with van der Waals surface area (Å²) in [5, 5.41) is 14.0. The molecule has 328 valence electrons. The molecule has 0 radical (unpaired) electrons. The summed E-state index contributed by atoms with van der Waals surface area (Å²) in [6.45, 7) is 1.21. The van der Waals surface area contributed by atoms with E-state index >= 15 is 0 Å². The van der Waals surface area contributed by atoms with Gasteiger partial charge >= 0.3 is 12.1 Å². The predicted molar refractivity (Wildman–Crippen MR) is 242 cm³/mol. The molecule has 1 aromatic heterocycles. The lowest BCUT2D eigenvalue weighted by molar-refractivity contribution is -0.275. The molecule has 11 nitrogen and oxygen atoms in total. The maximum absolute atomic E-state index is 13.2. The van der Waals surface area contributed by atoms with Crippen LogP contribution in [0.4, 0.5) is 4.79 Å². The Hall–Kier alpha value is -6.60. The van der Waals surface area contributed by atoms with Crippen LogP contribution in [-0.2, 0) is 72.7 Å². The molecule has 0 spiro atoms. The van der Waals surface area contributed by atoms with Crippen molar-refractivity contribution in [1.29, 1.82) is 0 Å². The van der Waals surface area contributed by atoms with Crippen molar-refractivity contribution in [1.82, 2.24) is 10.3 Å². The Bertz CT molecular complexity index is 2510. The zero-order chi connectivity index (χ0) is 43.9. The van der Waals surface area contributed by atoms with Crippen LogP contribution in [-0.4, -0.2) is 59.2 Å². The summed E-state index contributed by atoms with van der Waals surface area (Å²) in [7, 11) is 0. The van der Waals surface area contributed by atoms with Crippen molar-refractivity contribution >= 4 is 23.0 Å². The van der Waals surface area contributed by atoms with E-state index in [1.807, 2.05) is 176 Å². The standard InChI is InChI=1S/C53H52N2O9/c56-52(57)45(55-53(58)63-35-41-26-14-5-15-27-41)30-43-42-28-16-17-29-44(42)54-47(43)49-51(62-34-40-24-12-4-13-25-40)50(61-33-39-22-10-3-11-23-39)48(60-32-38-20-8-2-9-21-38)46(64-49)36-59-31-37-18-6-1-7-19-37/h1-29,45-46,48-51,54H,30-36H2,(H,55,58)(H,56,57)/t45?,46-,48-,49-,50+,51-/m1/s1. The fourth-order valence-electron chi connectivity index (χ4n) is 8.02. The molecule has 64 heavy (non-hydrogen) atoms. The maximum Gasteiger partial charge on any atom is 0.408 e. The van der Waals surface area contributed by atoms with Crippen molar-refractivity contribution in [2.75, 3.05) is 6.61 Å². The Balaban J connectivity index is 1.18. The third-order valence-electron chi connectivity index (χ3n) is 11.2. The average molecular weight is 861 g/mol. The van der Waals surface area contributed by atoms with Gasteiger partial charge in [-0.15, -0.1) is 0 Å². The molecule has 1 fully saturated rings. The molecule has 1 unspecified atom stereocenters. The SMILES string of the molecule is O=C(NC(Cc1c([C@H]2O[C@H](COCc3ccccc3)[C@@H](OCc3ccccc3)[C@H](OCc3ccccc3)[C@@H]2OCc2ccccc2)[nH]c2ccccc12)C(=O)O)OCc1ccccc1. The van der Waals surface area contributed by atoms with E-state index in [2.05, 4.69) is 10.3 Å². The second-order valence-electron chi connectivity index (χ2n) is 15.7. The molecule has 2 heterocycles. The molecule has 8 rings (SSSR count). The van der Waals surface area contributed by atoms with Gasteiger partial charge in [0.05, 0.1) is 38.7 Å². The first-order valence-electron chi connectivity index (χ1n) is 21.5. The molecule has 1 amide bonds. The Kier molecular flexibility index (Phi) is 15.2. The van der Waals surface area contributed by atoms with Crippen LogP contribution in [0, 0.1) is 0 Å². The number of H-pyrrole nitrogens is 1. The summed E-state index contributed by atoms with van der Waals surface area (Å²) in [4.78, 5) is 29.7. The number of hydrogen-bond donors (Lipinski definition) is 3. The number of aromatic amines is 1. The predicted octanol–water partition coefficient (Wildman–Crippen LogP) is 9.50. The number of aliphatic carboxylic acids is 1. The van der Waals surface area contributed by atoms with Crippen molar-refractivity contribution < 1.29 is 43.1 Å². The Morgan fingerprint density at radius 3 is 1.55 bits per heavy atom. The second kappa shape index (κ2) is 22.2. The zero-order valence-electron chi connectivity index (χ0n) is 35.4. The minimum atomic E-state index is -1.36. The van der Waals surface area contributed by atoms with E-state index < -0.39 is 48.6 Å². The molecule has 6 aromatic carbocycles. The van der Waals surface area contributed by atoms with Crippen LogP contribution >= 0.6 is 0 Å². The highest BCUT2D eigenvalue weighted by Crippen LogP contribution is 2.41. The smallest absolute Gasteiger partial charge is 0.408 e. The van der Waals surface area contributed by atoms with Gasteiger partial charge in [-0.1, -0.05) is 170 Å². The van der Waals surface area contributed by atoms with Crippen LogP contribution in [0.1, 0.15) is 45.2 Å². The summed E-state index contributed by atoms with van der Waals surface area (Å²) in [6.07, 6.45) is -4.69. The van der Waals surface area contributed by atoms with Crippen LogP contribution < -0.4 is 5.32 Å². The summed E-state index contributed by atoms with van der Waals surface area (Å²) in [5.41, 5.74) is 6.65. The molecule has 0 saturated carbocycles. The van der Waals surface area contributed by atoms with E-state index in [0.717, 1.165) is 38.7 Å². The minimum Gasteiger partial charge on any atom is -0.480 e. The number of alkyl carbamates (subject to hydrolysis) is 1. The largest absolute Gasteiger partial charge is 0.480 e. The zero-order valence-corrected chi connectivity index (χ0v) is 35.4. The van der Waals surface area contributed by atoms with Crippen molar-refractivity contribution in [2.24, 2.45) is 0 Å². The molecule has 7 aromatic rings. The van der Waals surface area contributed by atoms with Crippen molar-refractivity contribution in [3.8, 4) is 0 Å². The van der Waals surface area contributed by atoms with Crippen molar-refractivity contribution in [2.45, 2.75) is 76.0 Å². The Labute approximate surface area is 372 Å². The average Bonchev–Trinajstić information content (AvgIpc) is 3.70. The normalized spacial score (nSPS) is 18.9. The third-order valence-corrected chi connectivity index (χ3v) is 11.2. The molecule has 3 N–H and O–H groups in total. The van der Waals surface area contributed by atoms with Crippen LogP contribution in [0.3, 0.4) is 0 Å². The van der Waals surface area contributed by atoms with Crippen LogP contribution in [0.15, 0.2) is 176 Å². The van der Waals surface area contributed by atoms with Gasteiger partial charge in [-0.05, 0) is 39.4 Å². The molecule has 0 aliphatic carbocycles. The molecule has 6 atom stereocenters. The topological polar surface area (TPSA) is 138 Å². The number of nitrogens with one attached hydrogen (secondary N) is 2. The minimum absolute atomic E-state index is 0.0146. The Morgan fingerprint density at radius 1 is 0.562 bits per heavy atom. The van der Waals surface area contributed by atoms with E-state index in [1.54, 1.807) is 0 Å². The number of para-hydroxylation sites is 1. The molecule has 1 saturated heterocycles. The maximum atomic E-state index is 13.2. The van der Waals surface area contributed by atoms with E-state index in [0.29, 0.717) is 17.9 Å². The van der Waals surface area contributed by atoms with Crippen molar-refractivity contribution in [3.63, 3.8) is 0 Å². The van der Waals surface area contributed by atoms with Gasteiger partial charge in [-0.25, -0.2) is 9.59 Å². The molecule has 1 aliphatic rings. The molecular weight excluding hydrogens is 809 g/mol. The number of carbonyl (C=O) groups is 2. The summed E-state index contributed by atoms with van der Waals surface area (Å²) >= 11 is 0. The van der Waals surface area contributed by atoms with Gasteiger partial charge in [0.2, 0.25) is 0 Å². The monoisotopic (exact) mass is 860 g/mol. The lowest BCUT2D eigenvalue weighted by Crippen LogP contribution is -2.58. The number of carbonyl (C=O) groups excluding carboxylic acids is 1. The highest BCUT2D eigenvalue weighted by atomic mass is 16.6.